The quantitative estimate of drug-likeness (QED) is 0.223. The van der Waals surface area contributed by atoms with Gasteiger partial charge in [-0.1, -0.05) is 86.0 Å². The van der Waals surface area contributed by atoms with Crippen LogP contribution in [0.15, 0.2) is 128 Å². The molecule has 202 valence electrons. The maximum Gasteiger partial charge on any atom is 0.0731 e. The fourth-order valence-corrected chi connectivity index (χ4v) is 7.31. The molecule has 0 amide bonds. The summed E-state index contributed by atoms with van der Waals surface area (Å²) in [5, 5.41) is 0. The molecular weight excluding hydrogens is 510 g/mol. The normalized spacial score (nSPS) is 14.9. The summed E-state index contributed by atoms with van der Waals surface area (Å²) < 4.78 is 0. The molecule has 0 saturated heterocycles. The number of nitrogens with zero attached hydrogens (tertiary/aromatic N) is 3. The van der Waals surface area contributed by atoms with Gasteiger partial charge in [0.25, 0.3) is 0 Å². The third-order valence-electron chi connectivity index (χ3n) is 9.27. The van der Waals surface area contributed by atoms with Gasteiger partial charge in [0.15, 0.2) is 0 Å². The molecule has 0 aliphatic heterocycles. The Labute approximate surface area is 247 Å². The summed E-state index contributed by atoms with van der Waals surface area (Å²) in [6, 6.07) is 37.4. The van der Waals surface area contributed by atoms with Crippen molar-refractivity contribution in [3.63, 3.8) is 0 Å². The standard InChI is InChI=1S/C39H31N3/c1-6-18-39(19-7-1)35-15-5-4-13-32(35)33-17-16-27(22-36(33)39)31-12-2-3-14-34(31)38-24-30(28-10-8-20-40-25-28)23-37(42-38)29-11-9-21-41-26-29/h2-5,8-17,20-26H,1,6-7,18-19H2. The molecule has 1 saturated carbocycles. The van der Waals surface area contributed by atoms with Crippen LogP contribution < -0.4 is 0 Å². The zero-order chi connectivity index (χ0) is 27.9. The molecule has 8 rings (SSSR count). The Balaban J connectivity index is 1.30. The van der Waals surface area contributed by atoms with Crippen LogP contribution in [0.2, 0.25) is 0 Å². The van der Waals surface area contributed by atoms with Crippen molar-refractivity contribution in [2.24, 2.45) is 0 Å². The van der Waals surface area contributed by atoms with Crippen molar-refractivity contribution in [2.45, 2.75) is 37.5 Å². The minimum absolute atomic E-state index is 0.126. The maximum atomic E-state index is 5.21. The number of aromatic nitrogens is 3. The van der Waals surface area contributed by atoms with Crippen LogP contribution in [0.1, 0.15) is 43.2 Å². The number of fused-ring (bicyclic) bond motifs is 5. The van der Waals surface area contributed by atoms with E-state index in [4.69, 9.17) is 4.98 Å². The van der Waals surface area contributed by atoms with E-state index in [1.807, 2.05) is 30.7 Å². The summed E-state index contributed by atoms with van der Waals surface area (Å²) in [4.78, 5) is 14.0. The largest absolute Gasteiger partial charge is 0.264 e. The van der Waals surface area contributed by atoms with Gasteiger partial charge in [0.05, 0.1) is 11.4 Å². The summed E-state index contributed by atoms with van der Waals surface area (Å²) in [6.45, 7) is 0. The Morgan fingerprint density at radius 1 is 0.452 bits per heavy atom. The van der Waals surface area contributed by atoms with E-state index in [0.717, 1.165) is 33.6 Å². The Bertz CT molecular complexity index is 1850. The van der Waals surface area contributed by atoms with Gasteiger partial charge < -0.3 is 0 Å². The van der Waals surface area contributed by atoms with Gasteiger partial charge in [-0.05, 0) is 88.2 Å². The average Bonchev–Trinajstić information content (AvgIpc) is 3.34. The Hall–Kier alpha value is -4.89. The van der Waals surface area contributed by atoms with Crippen LogP contribution in [0.4, 0.5) is 0 Å². The molecule has 0 unspecified atom stereocenters. The Kier molecular flexibility index (Phi) is 6.03. The highest BCUT2D eigenvalue weighted by Crippen LogP contribution is 2.56. The summed E-state index contributed by atoms with van der Waals surface area (Å²) in [6.07, 6.45) is 13.8. The van der Waals surface area contributed by atoms with Crippen molar-refractivity contribution in [2.75, 3.05) is 0 Å². The monoisotopic (exact) mass is 541 g/mol. The number of hydrogen-bond donors (Lipinski definition) is 0. The van der Waals surface area contributed by atoms with Crippen LogP contribution in [-0.4, -0.2) is 15.0 Å². The lowest BCUT2D eigenvalue weighted by atomic mass is 9.67. The molecule has 2 aliphatic rings. The van der Waals surface area contributed by atoms with Gasteiger partial charge >= 0.3 is 0 Å². The topological polar surface area (TPSA) is 38.7 Å². The van der Waals surface area contributed by atoms with E-state index in [2.05, 4.69) is 101 Å². The van der Waals surface area contributed by atoms with E-state index in [0.29, 0.717) is 0 Å². The molecule has 3 aromatic carbocycles. The van der Waals surface area contributed by atoms with Gasteiger partial charge in [-0.15, -0.1) is 0 Å². The lowest BCUT2D eigenvalue weighted by molar-refractivity contribution is 0.353. The molecular formula is C39H31N3. The zero-order valence-corrected chi connectivity index (χ0v) is 23.5. The second-order valence-corrected chi connectivity index (χ2v) is 11.6. The van der Waals surface area contributed by atoms with Crippen molar-refractivity contribution in [3.05, 3.63) is 139 Å². The summed E-state index contributed by atoms with van der Waals surface area (Å²) in [5.41, 5.74) is 14.6. The van der Waals surface area contributed by atoms with E-state index < -0.39 is 0 Å². The van der Waals surface area contributed by atoms with Gasteiger partial charge in [0.1, 0.15) is 0 Å². The number of pyridine rings is 3. The minimum Gasteiger partial charge on any atom is -0.264 e. The summed E-state index contributed by atoms with van der Waals surface area (Å²) in [7, 11) is 0. The third kappa shape index (κ3) is 4.08. The first-order valence-corrected chi connectivity index (χ1v) is 15.0. The Morgan fingerprint density at radius 3 is 1.88 bits per heavy atom. The smallest absolute Gasteiger partial charge is 0.0731 e. The first kappa shape index (κ1) is 24.9. The van der Waals surface area contributed by atoms with Crippen molar-refractivity contribution < 1.29 is 0 Å². The van der Waals surface area contributed by atoms with Crippen molar-refractivity contribution in [3.8, 4) is 55.9 Å². The van der Waals surface area contributed by atoms with E-state index in [9.17, 15) is 0 Å². The molecule has 0 bridgehead atoms. The van der Waals surface area contributed by atoms with Crippen LogP contribution in [-0.2, 0) is 5.41 Å². The van der Waals surface area contributed by atoms with Crippen LogP contribution in [0.3, 0.4) is 0 Å². The Morgan fingerprint density at radius 2 is 1.12 bits per heavy atom. The predicted molar refractivity (Wildman–Crippen MR) is 171 cm³/mol. The van der Waals surface area contributed by atoms with Gasteiger partial charge in [-0.25, -0.2) is 4.98 Å². The molecule has 3 nitrogen and oxygen atoms in total. The lowest BCUT2D eigenvalue weighted by Crippen LogP contribution is -2.28. The maximum absolute atomic E-state index is 5.21. The molecule has 1 spiro atoms. The molecule has 0 N–H and O–H groups in total. The molecule has 3 heteroatoms. The van der Waals surface area contributed by atoms with Crippen LogP contribution >= 0.6 is 0 Å². The highest BCUT2D eigenvalue weighted by molar-refractivity contribution is 5.89. The van der Waals surface area contributed by atoms with Gasteiger partial charge in [0, 0.05) is 46.9 Å². The minimum atomic E-state index is 0.126. The predicted octanol–water partition coefficient (Wildman–Crippen LogP) is 9.77. The highest BCUT2D eigenvalue weighted by Gasteiger charge is 2.43. The molecule has 3 heterocycles. The van der Waals surface area contributed by atoms with Crippen LogP contribution in [0.25, 0.3) is 55.9 Å². The average molecular weight is 542 g/mol. The summed E-state index contributed by atoms with van der Waals surface area (Å²) >= 11 is 0. The van der Waals surface area contributed by atoms with E-state index in [-0.39, 0.29) is 5.41 Å². The molecule has 2 aliphatic carbocycles. The van der Waals surface area contributed by atoms with Crippen molar-refractivity contribution in [1.29, 1.82) is 0 Å². The number of rotatable bonds is 4. The lowest BCUT2D eigenvalue weighted by Gasteiger charge is -2.36. The van der Waals surface area contributed by atoms with Crippen molar-refractivity contribution >= 4 is 0 Å². The number of benzene rings is 3. The second-order valence-electron chi connectivity index (χ2n) is 11.6. The van der Waals surface area contributed by atoms with E-state index >= 15 is 0 Å². The van der Waals surface area contributed by atoms with E-state index in [1.165, 1.54) is 65.5 Å². The third-order valence-corrected chi connectivity index (χ3v) is 9.27. The van der Waals surface area contributed by atoms with Crippen LogP contribution in [0.5, 0.6) is 0 Å². The number of hydrogen-bond acceptors (Lipinski definition) is 3. The molecule has 0 atom stereocenters. The van der Waals surface area contributed by atoms with Gasteiger partial charge in [-0.2, -0.15) is 0 Å². The first-order chi connectivity index (χ1) is 20.8. The molecule has 3 aromatic heterocycles. The van der Waals surface area contributed by atoms with Gasteiger partial charge in [-0.3, -0.25) is 9.97 Å². The summed E-state index contributed by atoms with van der Waals surface area (Å²) in [5.74, 6) is 0. The SMILES string of the molecule is c1cncc(-c2cc(-c3cccnc3)nc(-c3ccccc3-c3ccc4c(c3)C3(CCCCC3)c3ccccc3-4)c2)c1. The molecule has 1 fully saturated rings. The second kappa shape index (κ2) is 10.2. The molecule has 42 heavy (non-hydrogen) atoms. The molecule has 0 radical (unpaired) electrons. The zero-order valence-electron chi connectivity index (χ0n) is 23.5. The first-order valence-electron chi connectivity index (χ1n) is 15.0. The highest BCUT2D eigenvalue weighted by atomic mass is 14.7. The fraction of sp³-hybridized carbons (Fsp3) is 0.154. The van der Waals surface area contributed by atoms with Crippen LogP contribution in [0, 0.1) is 0 Å². The van der Waals surface area contributed by atoms with Crippen molar-refractivity contribution in [1.82, 2.24) is 15.0 Å². The molecule has 6 aromatic rings. The van der Waals surface area contributed by atoms with Gasteiger partial charge in [0.2, 0.25) is 0 Å². The van der Waals surface area contributed by atoms with E-state index in [1.54, 1.807) is 6.20 Å². The fourth-order valence-electron chi connectivity index (χ4n) is 7.31.